The molecule has 478 valence electrons. The van der Waals surface area contributed by atoms with E-state index in [9.17, 15) is 0 Å². The molecule has 0 saturated carbocycles. The average Bonchev–Trinajstić information content (AvgIpc) is 1.54. The molecule has 8 aromatic heterocycles. The van der Waals surface area contributed by atoms with Crippen LogP contribution in [0.5, 0.6) is 0 Å². The van der Waals surface area contributed by atoms with E-state index in [4.69, 9.17) is 8.83 Å². The second kappa shape index (κ2) is 22.2. The molecule has 18 rings (SSSR count). The van der Waals surface area contributed by atoms with Gasteiger partial charge in [-0.1, -0.05) is 207 Å². The Bertz CT molecular complexity index is 6010. The molecule has 18 aromatic rings. The zero-order valence-corrected chi connectivity index (χ0v) is 62.8. The number of furan rings is 2. The molecule has 96 heavy (non-hydrogen) atoms. The minimum Gasteiger partial charge on any atom is -0.454 e. The first-order chi connectivity index (χ1) is 45.4. The van der Waals surface area contributed by atoms with E-state index in [1.807, 2.05) is 22.7 Å². The van der Waals surface area contributed by atoms with Gasteiger partial charge in [-0.15, -0.1) is 22.7 Å². The molecule has 8 heterocycles. The predicted octanol–water partition coefficient (Wildman–Crippen LogP) is 22.9. The van der Waals surface area contributed by atoms with Gasteiger partial charge in [0, 0.05) is 75.2 Å². The van der Waals surface area contributed by atoms with Crippen LogP contribution in [0.2, 0.25) is 72.0 Å². The van der Waals surface area contributed by atoms with Crippen molar-refractivity contribution in [2.45, 2.75) is 107 Å². The minimum absolute atomic E-state index is 0. The van der Waals surface area contributed by atoms with E-state index in [2.05, 4.69) is 312 Å². The Hall–Kier alpha value is -8.73. The lowest BCUT2D eigenvalue weighted by molar-refractivity contribution is 0.672. The fraction of sp³-hybridized carbons (Fsp3) is 0.190. The molecule has 0 fully saturated rings. The van der Waals surface area contributed by atoms with Gasteiger partial charge in [0.1, 0.15) is 22.2 Å². The van der Waals surface area contributed by atoms with Gasteiger partial charge in [0.2, 0.25) is 0 Å². The molecule has 0 N–H and O–H groups in total. The highest BCUT2D eigenvalue weighted by Gasteiger charge is 2.30. The van der Waals surface area contributed by atoms with Gasteiger partial charge < -0.3 is 27.1 Å². The fourth-order valence-corrected chi connectivity index (χ4v) is 21.8. The Labute approximate surface area is 573 Å². The maximum atomic E-state index is 6.87. The number of aromatic nitrogens is 4. The van der Waals surface area contributed by atoms with Crippen molar-refractivity contribution in [2.75, 3.05) is 0 Å². The van der Waals surface area contributed by atoms with E-state index in [1.54, 1.807) is 0 Å². The van der Waals surface area contributed by atoms with Crippen LogP contribution in [0.15, 0.2) is 203 Å². The quantitative estimate of drug-likeness (QED) is 0.142. The first-order valence-corrected chi connectivity index (χ1v) is 48.6. The van der Waals surface area contributed by atoms with Crippen molar-refractivity contribution in [2.24, 2.45) is 0 Å². The summed E-state index contributed by atoms with van der Waals surface area (Å²) >= 11 is 3.93. The number of nitrogens with zero attached hydrogens (tertiary/aromatic N) is 4. The number of hydrogen-bond donors (Lipinski definition) is 0. The molecule has 12 heteroatoms. The second-order valence-electron chi connectivity index (χ2n) is 30.4. The Balaban J connectivity index is 0.000000149. The molecule has 0 amide bonds. The van der Waals surface area contributed by atoms with Crippen LogP contribution in [-0.2, 0) is 0 Å². The normalized spacial score (nSPS) is 12.8. The molecule has 0 aliphatic rings. The van der Waals surface area contributed by atoms with Gasteiger partial charge in [-0.25, -0.2) is 0 Å². The first kappa shape index (κ1) is 62.1. The largest absolute Gasteiger partial charge is 0.454 e. The van der Waals surface area contributed by atoms with Crippen LogP contribution >= 0.6 is 22.7 Å². The van der Waals surface area contributed by atoms with Crippen molar-refractivity contribution >= 4 is 205 Å². The number of hydrogen-bond acceptors (Lipinski definition) is 4. The summed E-state index contributed by atoms with van der Waals surface area (Å²) in [7, 11) is -5.41. The van der Waals surface area contributed by atoms with Gasteiger partial charge in [-0.3, -0.25) is 0 Å². The van der Waals surface area contributed by atoms with Crippen molar-refractivity contribution in [3.8, 4) is 22.7 Å². The summed E-state index contributed by atoms with van der Waals surface area (Å²) in [5.41, 5.74) is 23.2. The molecule has 0 aliphatic heterocycles. The molecule has 0 spiro atoms. The van der Waals surface area contributed by atoms with E-state index in [-0.39, 0.29) is 7.43 Å². The molecule has 0 atom stereocenters. The number of thiophene rings is 2. The molecular formula is C84H82N4O2S2Si4. The smallest absolute Gasteiger partial charge is 0.161 e. The number of aryl methyl sites for hydroxylation is 4. The van der Waals surface area contributed by atoms with E-state index in [0.717, 1.165) is 77.3 Å². The van der Waals surface area contributed by atoms with Crippen LogP contribution in [0.3, 0.4) is 0 Å². The summed E-state index contributed by atoms with van der Waals surface area (Å²) in [4.78, 5) is 0. The van der Waals surface area contributed by atoms with Gasteiger partial charge in [0.25, 0.3) is 0 Å². The fourth-order valence-electron chi connectivity index (χ4n) is 14.7. The highest BCUT2D eigenvalue weighted by molar-refractivity contribution is 7.27. The Morgan fingerprint density at radius 3 is 0.969 bits per heavy atom. The predicted molar refractivity (Wildman–Crippen MR) is 434 cm³/mol. The third kappa shape index (κ3) is 9.74. The topological polar surface area (TPSA) is 46.0 Å². The van der Waals surface area contributed by atoms with Gasteiger partial charge in [0.15, 0.2) is 11.2 Å². The van der Waals surface area contributed by atoms with Crippen molar-refractivity contribution in [1.29, 1.82) is 0 Å². The summed E-state index contributed by atoms with van der Waals surface area (Å²) in [5, 5.41) is 15.7. The van der Waals surface area contributed by atoms with Gasteiger partial charge in [0.05, 0.1) is 75.5 Å². The molecule has 0 bridgehead atoms. The van der Waals surface area contributed by atoms with Gasteiger partial charge in [-0.05, 0) is 137 Å². The van der Waals surface area contributed by atoms with Crippen molar-refractivity contribution in [3.63, 3.8) is 0 Å². The van der Waals surface area contributed by atoms with Crippen LogP contribution in [0, 0.1) is 27.7 Å². The lowest BCUT2D eigenvalue weighted by atomic mass is 10.1. The number of rotatable bonds is 8. The Kier molecular flexibility index (Phi) is 14.3. The third-order valence-corrected chi connectivity index (χ3v) is 30.3. The molecule has 0 radical (unpaired) electrons. The van der Waals surface area contributed by atoms with E-state index >= 15 is 0 Å². The zero-order chi connectivity index (χ0) is 65.6. The number of fused-ring (bicyclic) bond motifs is 20. The molecule has 0 saturated heterocycles. The standard InChI is InChI=1S/C42H40N2S2Si2.C41H38N2O2Si2.CH4/c1-25-9-13-27(14-10-25)43-35-23-34-36(24-33(35)41-39(43)31-19-17-29(47(3,4)5)21-37(31)45-41)44(28-15-11-26(2)12-16-28)40-32-20-18-30(48(6,7)8)22-38(32)46-42(34)40;1-24-8-12-26(13-9-24)42-34-23-33-35(22-32(34)40-38(42)30-18-16-28(46(3)4)20-36(30)44-40)43(27-14-10-25(2)11-15-27)39-31-19-17-29(47(5,6)7)21-37(31)45-41(33)39;/h9-24H,1-8H3;8-23,46H,1-7H3;1H4. The van der Waals surface area contributed by atoms with Crippen LogP contribution in [0.4, 0.5) is 0 Å². The lowest BCUT2D eigenvalue weighted by Gasteiger charge is -2.16. The van der Waals surface area contributed by atoms with Crippen LogP contribution in [0.25, 0.3) is 151 Å². The van der Waals surface area contributed by atoms with Crippen LogP contribution in [0.1, 0.15) is 29.7 Å². The molecule has 10 aromatic carbocycles. The monoisotopic (exact) mass is 1350 g/mol. The second-order valence-corrected chi connectivity index (χ2v) is 50.7. The zero-order valence-electron chi connectivity index (χ0n) is 57.0. The minimum atomic E-state index is -1.52. The van der Waals surface area contributed by atoms with Crippen LogP contribution in [-0.4, -0.2) is 51.3 Å². The van der Waals surface area contributed by atoms with Gasteiger partial charge >= 0.3 is 0 Å². The first-order valence-electron chi connectivity index (χ1n) is 33.6. The van der Waals surface area contributed by atoms with E-state index in [1.165, 1.54) is 117 Å². The highest BCUT2D eigenvalue weighted by Crippen LogP contribution is 2.49. The van der Waals surface area contributed by atoms with E-state index in [0.29, 0.717) is 0 Å². The summed E-state index contributed by atoms with van der Waals surface area (Å²) in [5.74, 6) is 0. The molecule has 0 unspecified atom stereocenters. The molecule has 0 aliphatic carbocycles. The Morgan fingerprint density at radius 2 is 0.615 bits per heavy atom. The average molecular weight is 1360 g/mol. The van der Waals surface area contributed by atoms with Gasteiger partial charge in [-0.2, -0.15) is 0 Å². The summed E-state index contributed by atoms with van der Waals surface area (Å²) in [6.07, 6.45) is 0. The maximum absolute atomic E-state index is 6.87. The highest BCUT2D eigenvalue weighted by atomic mass is 32.1. The summed E-state index contributed by atoms with van der Waals surface area (Å²) < 4.78 is 29.1. The lowest BCUT2D eigenvalue weighted by Crippen LogP contribution is -2.37. The maximum Gasteiger partial charge on any atom is 0.161 e. The van der Waals surface area contributed by atoms with E-state index < -0.39 is 33.0 Å². The summed E-state index contributed by atoms with van der Waals surface area (Å²) in [6, 6.07) is 73.8. The van der Waals surface area contributed by atoms with Crippen molar-refractivity contribution < 1.29 is 8.83 Å². The SMILES string of the molecule is C.Cc1ccc(-n2c3cc4c5oc6cc([Si](C)(C)C)ccc6c5n(-c5ccc(C)cc5)c4cc3c3oc4cc([SiH](C)C)ccc4c32)cc1.Cc1ccc(-n2c3cc4c5sc6cc([Si](C)(C)C)ccc6c5n(-c5ccc(C)cc5)c4cc3c3sc4cc([Si](C)(C)C)ccc4c32)cc1. The van der Waals surface area contributed by atoms with Crippen LogP contribution < -0.4 is 20.7 Å². The molecule has 6 nitrogen and oxygen atoms in total. The Morgan fingerprint density at radius 1 is 0.312 bits per heavy atom. The van der Waals surface area contributed by atoms with Crippen molar-refractivity contribution in [3.05, 3.63) is 216 Å². The third-order valence-electron chi connectivity index (χ3n) is 20.2. The summed E-state index contributed by atoms with van der Waals surface area (Å²) in [6.45, 7) is 35.2. The van der Waals surface area contributed by atoms with Crippen molar-refractivity contribution in [1.82, 2.24) is 18.3 Å². The molecular weight excluding hydrogens is 1270 g/mol. The number of benzene rings is 10.